The number of hydrogen-bond donors (Lipinski definition) is 3. The SMILES string of the molecule is CC(N)Cn1ccc2ccc(F)cc21.O=C(O)C=CC(=O)O. The van der Waals surface area contributed by atoms with Crippen molar-refractivity contribution in [3.63, 3.8) is 0 Å². The summed E-state index contributed by atoms with van der Waals surface area (Å²) in [6, 6.07) is 6.84. The summed E-state index contributed by atoms with van der Waals surface area (Å²) in [5.74, 6) is -2.72. The molecule has 1 aromatic carbocycles. The van der Waals surface area contributed by atoms with Crippen molar-refractivity contribution in [3.05, 3.63) is 48.4 Å². The Hall–Kier alpha value is -2.67. The summed E-state index contributed by atoms with van der Waals surface area (Å²) < 4.78 is 15.0. The lowest BCUT2D eigenvalue weighted by Gasteiger charge is -2.08. The summed E-state index contributed by atoms with van der Waals surface area (Å²) in [7, 11) is 0. The number of rotatable bonds is 4. The van der Waals surface area contributed by atoms with Gasteiger partial charge < -0.3 is 20.5 Å². The van der Waals surface area contributed by atoms with Crippen LogP contribution in [0.1, 0.15) is 6.92 Å². The maximum absolute atomic E-state index is 13.0. The van der Waals surface area contributed by atoms with Gasteiger partial charge in [-0.3, -0.25) is 0 Å². The van der Waals surface area contributed by atoms with Crippen molar-refractivity contribution in [1.29, 1.82) is 0 Å². The Morgan fingerprint density at radius 1 is 1.27 bits per heavy atom. The lowest BCUT2D eigenvalue weighted by Crippen LogP contribution is -2.21. The molecule has 22 heavy (non-hydrogen) atoms. The highest BCUT2D eigenvalue weighted by Gasteiger charge is 2.03. The minimum atomic E-state index is -1.26. The van der Waals surface area contributed by atoms with Crippen molar-refractivity contribution >= 4 is 22.8 Å². The summed E-state index contributed by atoms with van der Waals surface area (Å²) in [5.41, 5.74) is 6.60. The molecule has 7 heteroatoms. The van der Waals surface area contributed by atoms with Gasteiger partial charge in [0, 0.05) is 30.9 Å². The molecule has 2 aromatic rings. The first-order valence-corrected chi connectivity index (χ1v) is 6.43. The monoisotopic (exact) mass is 308 g/mol. The first-order valence-electron chi connectivity index (χ1n) is 6.43. The van der Waals surface area contributed by atoms with Crippen LogP contribution < -0.4 is 5.73 Å². The molecule has 0 radical (unpaired) electrons. The average Bonchev–Trinajstić information content (AvgIpc) is 2.79. The molecule has 2 rings (SSSR count). The number of fused-ring (bicyclic) bond motifs is 1. The van der Waals surface area contributed by atoms with Crippen LogP contribution in [0.5, 0.6) is 0 Å². The first-order chi connectivity index (χ1) is 10.3. The Labute approximate surface area is 126 Å². The van der Waals surface area contributed by atoms with Crippen LogP contribution in [0, 0.1) is 5.82 Å². The maximum Gasteiger partial charge on any atom is 0.328 e. The van der Waals surface area contributed by atoms with E-state index in [0.29, 0.717) is 18.7 Å². The van der Waals surface area contributed by atoms with Crippen molar-refractivity contribution in [2.75, 3.05) is 0 Å². The predicted molar refractivity (Wildman–Crippen MR) is 80.0 cm³/mol. The van der Waals surface area contributed by atoms with E-state index in [0.717, 1.165) is 10.9 Å². The Bertz CT molecular complexity index is 676. The standard InChI is InChI=1S/C11H13FN2.C4H4O4/c1-8(13)7-14-5-4-9-2-3-10(12)6-11(9)14;5-3(6)1-2-4(7)8/h2-6,8H,7,13H2,1H3;1-2H,(H,5,6)(H,7,8). The second-order valence-electron chi connectivity index (χ2n) is 4.66. The van der Waals surface area contributed by atoms with Crippen molar-refractivity contribution < 1.29 is 24.2 Å². The number of benzene rings is 1. The van der Waals surface area contributed by atoms with Gasteiger partial charge >= 0.3 is 11.9 Å². The van der Waals surface area contributed by atoms with Gasteiger partial charge in [-0.1, -0.05) is 0 Å². The molecule has 6 nitrogen and oxygen atoms in total. The van der Waals surface area contributed by atoms with Gasteiger partial charge in [-0.2, -0.15) is 0 Å². The van der Waals surface area contributed by atoms with Gasteiger partial charge in [0.15, 0.2) is 0 Å². The van der Waals surface area contributed by atoms with Crippen LogP contribution in [-0.4, -0.2) is 32.8 Å². The number of carboxylic acid groups (broad SMARTS) is 2. The normalized spacial score (nSPS) is 12.0. The van der Waals surface area contributed by atoms with Gasteiger partial charge in [0.2, 0.25) is 0 Å². The molecule has 0 saturated heterocycles. The van der Waals surface area contributed by atoms with Crippen molar-refractivity contribution in [1.82, 2.24) is 4.57 Å². The topological polar surface area (TPSA) is 106 Å². The number of hydrogen-bond acceptors (Lipinski definition) is 3. The molecular formula is C15H17FN2O4. The Morgan fingerprint density at radius 3 is 2.36 bits per heavy atom. The Kier molecular flexibility index (Phi) is 6.27. The molecule has 4 N–H and O–H groups in total. The van der Waals surface area contributed by atoms with E-state index in [2.05, 4.69) is 0 Å². The van der Waals surface area contributed by atoms with Crippen molar-refractivity contribution in [2.45, 2.75) is 19.5 Å². The van der Waals surface area contributed by atoms with E-state index in [1.54, 1.807) is 6.07 Å². The number of aliphatic carboxylic acids is 2. The summed E-state index contributed by atoms with van der Waals surface area (Å²) in [4.78, 5) is 19.1. The quantitative estimate of drug-likeness (QED) is 0.747. The third kappa shape index (κ3) is 5.76. The van der Waals surface area contributed by atoms with Gasteiger partial charge in [0.05, 0.1) is 5.52 Å². The van der Waals surface area contributed by atoms with Crippen LogP contribution in [0.25, 0.3) is 10.9 Å². The van der Waals surface area contributed by atoms with Gasteiger partial charge in [-0.25, -0.2) is 14.0 Å². The number of halogens is 1. The number of carbonyl (C=O) groups is 2. The number of nitrogens with two attached hydrogens (primary N) is 1. The molecule has 0 aliphatic carbocycles. The molecule has 0 amide bonds. The third-order valence-corrected chi connectivity index (χ3v) is 2.59. The van der Waals surface area contributed by atoms with E-state index in [4.69, 9.17) is 15.9 Å². The lowest BCUT2D eigenvalue weighted by molar-refractivity contribution is -0.134. The van der Waals surface area contributed by atoms with Gasteiger partial charge in [-0.05, 0) is 36.6 Å². The average molecular weight is 308 g/mol. The highest BCUT2D eigenvalue weighted by molar-refractivity contribution is 5.89. The zero-order valence-electron chi connectivity index (χ0n) is 11.9. The molecule has 0 saturated carbocycles. The summed E-state index contributed by atoms with van der Waals surface area (Å²) in [6.07, 6.45) is 3.05. The van der Waals surface area contributed by atoms with Crippen molar-refractivity contribution in [3.8, 4) is 0 Å². The highest BCUT2D eigenvalue weighted by atomic mass is 19.1. The Morgan fingerprint density at radius 2 is 1.86 bits per heavy atom. The fraction of sp³-hybridized carbons (Fsp3) is 0.200. The third-order valence-electron chi connectivity index (χ3n) is 2.59. The summed E-state index contributed by atoms with van der Waals surface area (Å²) in [6.45, 7) is 2.65. The largest absolute Gasteiger partial charge is 0.478 e. The number of nitrogens with zero attached hydrogens (tertiary/aromatic N) is 1. The zero-order valence-corrected chi connectivity index (χ0v) is 11.9. The molecule has 1 aromatic heterocycles. The predicted octanol–water partition coefficient (Wildman–Crippen LogP) is 1.84. The van der Waals surface area contributed by atoms with Crippen LogP contribution in [0.4, 0.5) is 4.39 Å². The number of aromatic nitrogens is 1. The van der Waals surface area contributed by atoms with Gasteiger partial charge in [0.25, 0.3) is 0 Å². The van der Waals surface area contributed by atoms with Gasteiger partial charge in [0.1, 0.15) is 5.82 Å². The zero-order chi connectivity index (χ0) is 16.7. The molecule has 0 aliphatic rings. The second kappa shape index (κ2) is 7.94. The van der Waals surface area contributed by atoms with Crippen LogP contribution in [0.3, 0.4) is 0 Å². The summed E-state index contributed by atoms with van der Waals surface area (Å²) >= 11 is 0. The molecule has 0 fully saturated rings. The van der Waals surface area contributed by atoms with Crippen LogP contribution in [0.2, 0.25) is 0 Å². The van der Waals surface area contributed by atoms with Crippen molar-refractivity contribution in [2.24, 2.45) is 5.73 Å². The van der Waals surface area contributed by atoms with E-state index >= 15 is 0 Å². The second-order valence-corrected chi connectivity index (χ2v) is 4.66. The molecule has 0 spiro atoms. The molecule has 1 atom stereocenters. The van der Waals surface area contributed by atoms with E-state index in [1.165, 1.54) is 12.1 Å². The molecule has 0 bridgehead atoms. The minimum Gasteiger partial charge on any atom is -0.478 e. The fourth-order valence-electron chi connectivity index (χ4n) is 1.77. The minimum absolute atomic E-state index is 0.0777. The van der Waals surface area contributed by atoms with Gasteiger partial charge in [-0.15, -0.1) is 0 Å². The smallest absolute Gasteiger partial charge is 0.328 e. The van der Waals surface area contributed by atoms with Crippen LogP contribution in [-0.2, 0) is 16.1 Å². The van der Waals surface area contributed by atoms with E-state index in [1.807, 2.05) is 23.8 Å². The van der Waals surface area contributed by atoms with E-state index in [-0.39, 0.29) is 11.9 Å². The number of carboxylic acids is 2. The molecule has 1 unspecified atom stereocenters. The fourth-order valence-corrected chi connectivity index (χ4v) is 1.77. The van der Waals surface area contributed by atoms with Crippen LogP contribution in [0.15, 0.2) is 42.6 Å². The molecule has 118 valence electrons. The first kappa shape index (κ1) is 17.4. The van der Waals surface area contributed by atoms with Crippen LogP contribution >= 0.6 is 0 Å². The van der Waals surface area contributed by atoms with E-state index < -0.39 is 11.9 Å². The van der Waals surface area contributed by atoms with E-state index in [9.17, 15) is 14.0 Å². The molecule has 1 heterocycles. The summed E-state index contributed by atoms with van der Waals surface area (Å²) in [5, 5.41) is 16.7. The highest BCUT2D eigenvalue weighted by Crippen LogP contribution is 2.17. The Balaban J connectivity index is 0.000000261. The maximum atomic E-state index is 13.0. The lowest BCUT2D eigenvalue weighted by atomic mass is 10.2. The molecular weight excluding hydrogens is 291 g/mol. The molecule has 0 aliphatic heterocycles.